The molecule has 0 spiro atoms. The largest absolute Gasteiger partial charge is 0.357 e. The van der Waals surface area contributed by atoms with E-state index in [1.165, 1.54) is 17.7 Å². The van der Waals surface area contributed by atoms with Crippen molar-refractivity contribution in [2.45, 2.75) is 52.7 Å². The summed E-state index contributed by atoms with van der Waals surface area (Å²) in [6.07, 6.45) is 3.35. The zero-order valence-corrected chi connectivity index (χ0v) is 14.5. The minimum Gasteiger partial charge on any atom is -0.357 e. The summed E-state index contributed by atoms with van der Waals surface area (Å²) < 4.78 is 0. The van der Waals surface area contributed by atoms with Gasteiger partial charge in [-0.1, -0.05) is 19.9 Å². The third kappa shape index (κ3) is 5.33. The van der Waals surface area contributed by atoms with Crippen LogP contribution in [0.2, 0.25) is 0 Å². The number of nitrogens with one attached hydrogen (secondary N) is 1. The Morgan fingerprint density at radius 1 is 1.30 bits per heavy atom. The van der Waals surface area contributed by atoms with Crippen LogP contribution >= 0.6 is 11.8 Å². The van der Waals surface area contributed by atoms with Gasteiger partial charge in [0.15, 0.2) is 0 Å². The summed E-state index contributed by atoms with van der Waals surface area (Å²) in [5.74, 6) is 2.27. The average Bonchev–Trinajstić information content (AvgIpc) is 2.42. The van der Waals surface area contributed by atoms with E-state index in [4.69, 9.17) is 4.98 Å². The van der Waals surface area contributed by atoms with E-state index in [1.54, 1.807) is 0 Å². The lowest BCUT2D eigenvalue weighted by Crippen LogP contribution is -2.30. The van der Waals surface area contributed by atoms with Crippen LogP contribution in [0.5, 0.6) is 0 Å². The third-order valence-electron chi connectivity index (χ3n) is 3.64. The summed E-state index contributed by atoms with van der Waals surface area (Å²) in [6.45, 7) is 9.59. The molecule has 4 heteroatoms. The minimum atomic E-state index is 0.503. The molecular weight excluding hydrogens is 266 g/mol. The quantitative estimate of drug-likeness (QED) is 0.795. The Balaban J connectivity index is 2.70. The van der Waals surface area contributed by atoms with Gasteiger partial charge in [-0.2, -0.15) is 11.8 Å². The highest BCUT2D eigenvalue weighted by Crippen LogP contribution is 2.18. The topological polar surface area (TPSA) is 28.2 Å². The number of aromatic nitrogens is 1. The molecule has 20 heavy (non-hydrogen) atoms. The molecule has 1 rings (SSSR count). The van der Waals surface area contributed by atoms with Crippen LogP contribution in [-0.4, -0.2) is 36.1 Å². The van der Waals surface area contributed by atoms with Gasteiger partial charge in [0.1, 0.15) is 5.82 Å². The first-order valence-corrected chi connectivity index (χ1v) is 8.76. The van der Waals surface area contributed by atoms with Gasteiger partial charge in [-0.3, -0.25) is 0 Å². The fraction of sp³-hybridized carbons (Fsp3) is 0.688. The maximum Gasteiger partial charge on any atom is 0.128 e. The normalized spacial score (nSPS) is 12.8. The maximum absolute atomic E-state index is 4.76. The van der Waals surface area contributed by atoms with Crippen molar-refractivity contribution in [3.8, 4) is 0 Å². The van der Waals surface area contributed by atoms with Crippen molar-refractivity contribution in [2.24, 2.45) is 0 Å². The second kappa shape index (κ2) is 8.53. The molecule has 0 radical (unpaired) electrons. The number of pyridine rings is 1. The zero-order valence-electron chi connectivity index (χ0n) is 13.7. The van der Waals surface area contributed by atoms with Crippen molar-refractivity contribution in [1.29, 1.82) is 0 Å². The van der Waals surface area contributed by atoms with Gasteiger partial charge in [-0.15, -0.1) is 0 Å². The summed E-state index contributed by atoms with van der Waals surface area (Å²) in [7, 11) is 2.14. The number of thioether (sulfide) groups is 1. The van der Waals surface area contributed by atoms with Crippen LogP contribution < -0.4 is 10.2 Å². The molecule has 0 aromatic carbocycles. The fourth-order valence-electron chi connectivity index (χ4n) is 1.98. The lowest BCUT2D eigenvalue weighted by atomic mass is 10.1. The molecular formula is C16H29N3S. The van der Waals surface area contributed by atoms with E-state index in [0.29, 0.717) is 12.1 Å². The van der Waals surface area contributed by atoms with Gasteiger partial charge in [0.2, 0.25) is 0 Å². The molecule has 0 aliphatic carbocycles. The van der Waals surface area contributed by atoms with E-state index >= 15 is 0 Å². The van der Waals surface area contributed by atoms with E-state index < -0.39 is 0 Å². The highest BCUT2D eigenvalue weighted by molar-refractivity contribution is 7.98. The second-order valence-electron chi connectivity index (χ2n) is 5.69. The molecule has 0 saturated heterocycles. The smallest absolute Gasteiger partial charge is 0.128 e. The van der Waals surface area contributed by atoms with Gasteiger partial charge in [0.25, 0.3) is 0 Å². The molecule has 0 amide bonds. The summed E-state index contributed by atoms with van der Waals surface area (Å²) in [4.78, 5) is 7.04. The minimum absolute atomic E-state index is 0.503. The Kier molecular flexibility index (Phi) is 7.38. The monoisotopic (exact) mass is 295 g/mol. The van der Waals surface area contributed by atoms with Gasteiger partial charge < -0.3 is 10.2 Å². The van der Waals surface area contributed by atoms with E-state index in [0.717, 1.165) is 18.1 Å². The lowest BCUT2D eigenvalue weighted by molar-refractivity contribution is 0.585. The summed E-state index contributed by atoms with van der Waals surface area (Å²) >= 11 is 1.90. The van der Waals surface area contributed by atoms with Gasteiger partial charge in [0, 0.05) is 31.4 Å². The van der Waals surface area contributed by atoms with Gasteiger partial charge in [-0.25, -0.2) is 4.98 Å². The predicted molar refractivity (Wildman–Crippen MR) is 91.8 cm³/mol. The van der Waals surface area contributed by atoms with Crippen molar-refractivity contribution >= 4 is 17.6 Å². The SMILES string of the molecule is CSCCC(C)N(C)c1ccc(CNC(C)C)c(C)n1. The number of aryl methyl sites for hydroxylation is 1. The Labute approximate surface area is 128 Å². The first-order chi connectivity index (χ1) is 9.45. The second-order valence-corrected chi connectivity index (χ2v) is 6.68. The highest BCUT2D eigenvalue weighted by Gasteiger charge is 2.12. The molecule has 1 atom stereocenters. The fourth-order valence-corrected chi connectivity index (χ4v) is 2.56. The highest BCUT2D eigenvalue weighted by atomic mass is 32.2. The van der Waals surface area contributed by atoms with Crippen LogP contribution in [0.4, 0.5) is 5.82 Å². The average molecular weight is 295 g/mol. The standard InChI is InChI=1S/C16H29N3S/c1-12(2)17-11-15-7-8-16(18-14(15)4)19(5)13(3)9-10-20-6/h7-8,12-13,17H,9-11H2,1-6H3. The van der Waals surface area contributed by atoms with Crippen LogP contribution in [0.3, 0.4) is 0 Å². The number of nitrogens with zero attached hydrogens (tertiary/aromatic N) is 2. The molecule has 1 heterocycles. The first-order valence-electron chi connectivity index (χ1n) is 7.37. The Morgan fingerprint density at radius 3 is 2.55 bits per heavy atom. The number of rotatable bonds is 8. The van der Waals surface area contributed by atoms with Gasteiger partial charge in [-0.05, 0) is 43.9 Å². The molecule has 3 nitrogen and oxygen atoms in total. The molecule has 1 aromatic heterocycles. The number of anilines is 1. The van der Waals surface area contributed by atoms with Crippen LogP contribution in [0.25, 0.3) is 0 Å². The van der Waals surface area contributed by atoms with E-state index in [-0.39, 0.29) is 0 Å². The summed E-state index contributed by atoms with van der Waals surface area (Å²) in [5, 5.41) is 3.45. The van der Waals surface area contributed by atoms with Crippen LogP contribution in [0, 0.1) is 6.92 Å². The Morgan fingerprint density at radius 2 is 2.00 bits per heavy atom. The number of hydrogen-bond acceptors (Lipinski definition) is 4. The molecule has 114 valence electrons. The molecule has 1 aromatic rings. The van der Waals surface area contributed by atoms with Crippen molar-refractivity contribution in [3.05, 3.63) is 23.4 Å². The first kappa shape index (κ1) is 17.3. The number of hydrogen-bond donors (Lipinski definition) is 1. The molecule has 1 N–H and O–H groups in total. The van der Waals surface area contributed by atoms with Crippen LogP contribution in [0.15, 0.2) is 12.1 Å². The third-order valence-corrected chi connectivity index (χ3v) is 4.29. The Bertz CT molecular complexity index is 407. The van der Waals surface area contributed by atoms with Crippen molar-refractivity contribution in [3.63, 3.8) is 0 Å². The molecule has 0 fully saturated rings. The van der Waals surface area contributed by atoms with Crippen LogP contribution in [-0.2, 0) is 6.54 Å². The lowest BCUT2D eigenvalue weighted by Gasteiger charge is -2.26. The van der Waals surface area contributed by atoms with E-state index in [2.05, 4.69) is 63.3 Å². The molecule has 0 aliphatic heterocycles. The van der Waals surface area contributed by atoms with Crippen molar-refractivity contribution < 1.29 is 0 Å². The predicted octanol–water partition coefficient (Wildman–Crippen LogP) is 3.47. The van der Waals surface area contributed by atoms with E-state index in [1.807, 2.05) is 11.8 Å². The van der Waals surface area contributed by atoms with Crippen molar-refractivity contribution in [2.75, 3.05) is 24.0 Å². The molecule has 0 bridgehead atoms. The molecule has 1 unspecified atom stereocenters. The zero-order chi connectivity index (χ0) is 15.1. The summed E-state index contributed by atoms with van der Waals surface area (Å²) in [6, 6.07) is 5.36. The Hall–Kier alpha value is -0.740. The van der Waals surface area contributed by atoms with E-state index in [9.17, 15) is 0 Å². The van der Waals surface area contributed by atoms with Crippen molar-refractivity contribution in [1.82, 2.24) is 10.3 Å². The van der Waals surface area contributed by atoms with Crippen LogP contribution in [0.1, 0.15) is 38.4 Å². The molecule has 0 saturated carbocycles. The van der Waals surface area contributed by atoms with Gasteiger partial charge >= 0.3 is 0 Å². The van der Waals surface area contributed by atoms with Gasteiger partial charge in [0.05, 0.1) is 0 Å². The maximum atomic E-state index is 4.76. The molecule has 0 aliphatic rings. The summed E-state index contributed by atoms with van der Waals surface area (Å²) in [5.41, 5.74) is 2.41.